The minimum absolute atomic E-state index is 0.105. The van der Waals surface area contributed by atoms with Crippen molar-refractivity contribution >= 4 is 50.2 Å². The Hall–Kier alpha value is -3.45. The molecule has 4 aromatic rings. The zero-order valence-corrected chi connectivity index (χ0v) is 16.3. The van der Waals surface area contributed by atoms with Crippen molar-refractivity contribution < 1.29 is 4.79 Å². The Morgan fingerprint density at radius 3 is 2.50 bits per heavy atom. The lowest BCUT2D eigenvalue weighted by molar-refractivity contribution is 0.103. The summed E-state index contributed by atoms with van der Waals surface area (Å²) in [5.41, 5.74) is 2.57. The average Bonchev–Trinajstić information content (AvgIpc) is 3.14. The number of carbonyl (C=O) groups excluding carboxylic acids is 1. The van der Waals surface area contributed by atoms with Crippen LogP contribution in [0.4, 0.5) is 22.9 Å². The van der Waals surface area contributed by atoms with Gasteiger partial charge in [-0.25, -0.2) is 0 Å². The Morgan fingerprint density at radius 1 is 1.00 bits per heavy atom. The summed E-state index contributed by atoms with van der Waals surface area (Å²) in [7, 11) is 3.91. The molecule has 6 nitrogen and oxygen atoms in total. The van der Waals surface area contributed by atoms with Gasteiger partial charge in [0.1, 0.15) is 0 Å². The van der Waals surface area contributed by atoms with Crippen molar-refractivity contribution in [3.8, 4) is 0 Å². The van der Waals surface area contributed by atoms with Crippen LogP contribution in [0.15, 0.2) is 66.9 Å². The van der Waals surface area contributed by atoms with Gasteiger partial charge in [0.2, 0.25) is 0 Å². The first kappa shape index (κ1) is 17.9. The Bertz CT molecular complexity index is 1090. The van der Waals surface area contributed by atoms with E-state index in [1.165, 1.54) is 11.3 Å². The largest absolute Gasteiger partial charge is 0.376 e. The van der Waals surface area contributed by atoms with Crippen molar-refractivity contribution in [1.82, 2.24) is 10.2 Å². The number of aromatic nitrogens is 2. The van der Waals surface area contributed by atoms with Gasteiger partial charge >= 0.3 is 0 Å². The molecule has 140 valence electrons. The van der Waals surface area contributed by atoms with E-state index in [9.17, 15) is 4.79 Å². The quantitative estimate of drug-likeness (QED) is 0.515. The van der Waals surface area contributed by atoms with Gasteiger partial charge in [0.05, 0.1) is 16.8 Å². The second-order valence-corrected chi connectivity index (χ2v) is 7.58. The highest BCUT2D eigenvalue weighted by Crippen LogP contribution is 2.26. The van der Waals surface area contributed by atoms with Gasteiger partial charge in [-0.3, -0.25) is 4.79 Å². The van der Waals surface area contributed by atoms with Crippen molar-refractivity contribution in [2.75, 3.05) is 29.6 Å². The predicted octanol–water partition coefficient (Wildman–Crippen LogP) is 4.75. The monoisotopic (exact) mass is 389 g/mol. The van der Waals surface area contributed by atoms with E-state index in [1.54, 1.807) is 6.20 Å². The van der Waals surface area contributed by atoms with Crippen molar-refractivity contribution in [2.45, 2.75) is 0 Å². The van der Waals surface area contributed by atoms with Crippen LogP contribution in [0.1, 0.15) is 9.67 Å². The number of amides is 1. The first-order chi connectivity index (χ1) is 13.6. The Balaban J connectivity index is 1.44. The van der Waals surface area contributed by atoms with Crippen molar-refractivity contribution in [3.05, 3.63) is 71.7 Å². The van der Waals surface area contributed by atoms with Crippen LogP contribution < -0.4 is 15.5 Å². The Morgan fingerprint density at radius 2 is 1.75 bits per heavy atom. The SMILES string of the molecule is CN(C)c1cnnc(Nc2ccc(NC(=O)c3cc4ccccc4s3)cc2)c1. The number of nitrogens with zero attached hydrogens (tertiary/aromatic N) is 3. The van der Waals surface area contributed by atoms with Gasteiger partial charge in [-0.05, 0) is 41.8 Å². The number of nitrogens with one attached hydrogen (secondary N) is 2. The summed E-state index contributed by atoms with van der Waals surface area (Å²) < 4.78 is 1.10. The highest BCUT2D eigenvalue weighted by atomic mass is 32.1. The van der Waals surface area contributed by atoms with Gasteiger partial charge in [0.25, 0.3) is 5.91 Å². The van der Waals surface area contributed by atoms with E-state index in [0.717, 1.165) is 27.1 Å². The van der Waals surface area contributed by atoms with Gasteiger partial charge in [0, 0.05) is 36.2 Å². The minimum atomic E-state index is -0.105. The third-order valence-corrected chi connectivity index (χ3v) is 5.34. The third-order valence-electron chi connectivity index (χ3n) is 4.22. The summed E-state index contributed by atoms with van der Waals surface area (Å²) in [6.45, 7) is 0. The number of hydrogen-bond acceptors (Lipinski definition) is 6. The molecule has 0 saturated carbocycles. The van der Waals surface area contributed by atoms with E-state index in [0.29, 0.717) is 10.7 Å². The maximum Gasteiger partial charge on any atom is 0.265 e. The number of benzene rings is 2. The summed E-state index contributed by atoms with van der Waals surface area (Å²) in [4.78, 5) is 15.2. The van der Waals surface area contributed by atoms with E-state index >= 15 is 0 Å². The summed E-state index contributed by atoms with van der Waals surface area (Å²) in [6.07, 6.45) is 1.71. The molecule has 2 aromatic carbocycles. The fourth-order valence-corrected chi connectivity index (χ4v) is 3.69. The number of fused-ring (bicyclic) bond motifs is 1. The highest BCUT2D eigenvalue weighted by Gasteiger charge is 2.10. The smallest absolute Gasteiger partial charge is 0.265 e. The van der Waals surface area contributed by atoms with E-state index in [-0.39, 0.29) is 5.91 Å². The topological polar surface area (TPSA) is 70.2 Å². The van der Waals surface area contributed by atoms with Gasteiger partial charge in [-0.15, -0.1) is 16.4 Å². The Labute approximate surface area is 166 Å². The number of hydrogen-bond donors (Lipinski definition) is 2. The number of thiophene rings is 1. The number of anilines is 4. The molecule has 0 aliphatic rings. The van der Waals surface area contributed by atoms with Crippen molar-refractivity contribution in [2.24, 2.45) is 0 Å². The lowest BCUT2D eigenvalue weighted by Gasteiger charge is -2.13. The average molecular weight is 389 g/mol. The number of rotatable bonds is 5. The molecule has 2 aromatic heterocycles. The highest BCUT2D eigenvalue weighted by molar-refractivity contribution is 7.20. The van der Waals surface area contributed by atoms with Crippen LogP contribution in [0.3, 0.4) is 0 Å². The maximum atomic E-state index is 12.5. The van der Waals surface area contributed by atoms with E-state index < -0.39 is 0 Å². The van der Waals surface area contributed by atoms with Crippen LogP contribution in [0.5, 0.6) is 0 Å². The lowest BCUT2D eigenvalue weighted by Crippen LogP contribution is -2.10. The van der Waals surface area contributed by atoms with Crippen molar-refractivity contribution in [3.63, 3.8) is 0 Å². The molecule has 28 heavy (non-hydrogen) atoms. The summed E-state index contributed by atoms with van der Waals surface area (Å²) >= 11 is 1.49. The molecule has 0 radical (unpaired) electrons. The first-order valence-corrected chi connectivity index (χ1v) is 9.57. The standard InChI is InChI=1S/C21H19N5OS/c1-26(2)17-12-20(25-22-13-17)23-15-7-9-16(10-8-15)24-21(27)19-11-14-5-3-4-6-18(14)28-19/h3-13H,1-2H3,(H,23,25)(H,24,27). The van der Waals surface area contributed by atoms with Crippen LogP contribution in [-0.2, 0) is 0 Å². The van der Waals surface area contributed by atoms with Gasteiger partial charge in [0.15, 0.2) is 5.82 Å². The Kier molecular flexibility index (Phi) is 4.90. The fourth-order valence-electron chi connectivity index (χ4n) is 2.73. The zero-order chi connectivity index (χ0) is 19.5. The first-order valence-electron chi connectivity index (χ1n) is 8.75. The van der Waals surface area contributed by atoms with Crippen LogP contribution in [0.25, 0.3) is 10.1 Å². The molecule has 0 aliphatic heterocycles. The van der Waals surface area contributed by atoms with E-state index in [1.807, 2.05) is 79.7 Å². The van der Waals surface area contributed by atoms with Crippen LogP contribution in [0, 0.1) is 0 Å². The molecule has 0 aliphatic carbocycles. The van der Waals surface area contributed by atoms with Crippen molar-refractivity contribution in [1.29, 1.82) is 0 Å². The molecule has 0 fully saturated rings. The minimum Gasteiger partial charge on any atom is -0.376 e. The fraction of sp³-hybridized carbons (Fsp3) is 0.0952. The van der Waals surface area contributed by atoms with Gasteiger partial charge < -0.3 is 15.5 Å². The lowest BCUT2D eigenvalue weighted by atomic mass is 10.2. The van der Waals surface area contributed by atoms with E-state index in [4.69, 9.17) is 0 Å². The molecule has 0 spiro atoms. The maximum absolute atomic E-state index is 12.5. The molecule has 2 N–H and O–H groups in total. The predicted molar refractivity (Wildman–Crippen MR) is 116 cm³/mol. The summed E-state index contributed by atoms with van der Waals surface area (Å²) in [5.74, 6) is 0.555. The second kappa shape index (κ2) is 7.66. The molecule has 0 saturated heterocycles. The van der Waals surface area contributed by atoms with Crippen LogP contribution in [0.2, 0.25) is 0 Å². The van der Waals surface area contributed by atoms with Gasteiger partial charge in [-0.2, -0.15) is 5.10 Å². The molecular formula is C21H19N5OS. The molecule has 0 bridgehead atoms. The van der Waals surface area contributed by atoms with Crippen LogP contribution in [-0.4, -0.2) is 30.2 Å². The normalized spacial score (nSPS) is 10.6. The molecule has 0 atom stereocenters. The second-order valence-electron chi connectivity index (χ2n) is 6.50. The van der Waals surface area contributed by atoms with E-state index in [2.05, 4.69) is 20.8 Å². The third kappa shape index (κ3) is 3.94. The summed E-state index contributed by atoms with van der Waals surface area (Å²) in [6, 6.07) is 19.3. The molecule has 7 heteroatoms. The van der Waals surface area contributed by atoms with Gasteiger partial charge in [-0.1, -0.05) is 18.2 Å². The molecule has 1 amide bonds. The number of carbonyl (C=O) groups is 1. The molecule has 0 unspecified atom stereocenters. The molecular weight excluding hydrogens is 370 g/mol. The summed E-state index contributed by atoms with van der Waals surface area (Å²) in [5, 5.41) is 15.3. The van der Waals surface area contributed by atoms with Crippen LogP contribution >= 0.6 is 11.3 Å². The molecule has 4 rings (SSSR count). The molecule has 2 heterocycles. The zero-order valence-electron chi connectivity index (χ0n) is 15.5.